The second-order valence-electron chi connectivity index (χ2n) is 6.52. The molecule has 1 atom stereocenters. The van der Waals surface area contributed by atoms with Gasteiger partial charge in [0, 0.05) is 30.2 Å². The topological polar surface area (TPSA) is 64.7 Å². The number of hydrogen-bond donors (Lipinski definition) is 1. The van der Waals surface area contributed by atoms with Crippen molar-refractivity contribution in [3.05, 3.63) is 48.2 Å². The summed E-state index contributed by atoms with van der Waals surface area (Å²) in [6.45, 7) is 9.34. The zero-order chi connectivity index (χ0) is 18.0. The lowest BCUT2D eigenvalue weighted by molar-refractivity contribution is -0.124. The minimum Gasteiger partial charge on any atom is -0.349 e. The van der Waals surface area contributed by atoms with Crippen LogP contribution in [0.4, 0.5) is 0 Å². The molecular weight excluding hydrogens is 314 g/mol. The number of aromatic nitrogens is 4. The lowest BCUT2D eigenvalue weighted by Crippen LogP contribution is -2.31. The first kappa shape index (κ1) is 17.2. The molecule has 2 heterocycles. The van der Waals surface area contributed by atoms with Crippen LogP contribution < -0.4 is 5.32 Å². The van der Waals surface area contributed by atoms with Crippen molar-refractivity contribution in [1.29, 1.82) is 0 Å². The predicted molar refractivity (Wildman–Crippen MR) is 98.3 cm³/mol. The van der Waals surface area contributed by atoms with Crippen molar-refractivity contribution in [3.63, 3.8) is 0 Å². The van der Waals surface area contributed by atoms with Crippen LogP contribution in [0.3, 0.4) is 0 Å². The molecule has 0 unspecified atom stereocenters. The van der Waals surface area contributed by atoms with Crippen molar-refractivity contribution in [1.82, 2.24) is 24.6 Å². The largest absolute Gasteiger partial charge is 0.349 e. The quantitative estimate of drug-likeness (QED) is 0.750. The molecule has 6 nitrogen and oxygen atoms in total. The van der Waals surface area contributed by atoms with E-state index in [9.17, 15) is 4.79 Å². The number of benzene rings is 1. The molecule has 0 saturated heterocycles. The van der Waals surface area contributed by atoms with Crippen LogP contribution in [0.2, 0.25) is 0 Å². The summed E-state index contributed by atoms with van der Waals surface area (Å²) < 4.78 is 3.90. The number of fused-ring (bicyclic) bond motifs is 1. The van der Waals surface area contributed by atoms with E-state index >= 15 is 0 Å². The highest BCUT2D eigenvalue weighted by atomic mass is 16.2. The summed E-state index contributed by atoms with van der Waals surface area (Å²) in [7, 11) is 0. The SMILES string of the molecule is CCn1nc(CNC(=O)[C@@H](C)n2ccnc2C(C)C)c2ccccc21. The zero-order valence-corrected chi connectivity index (χ0v) is 15.2. The maximum Gasteiger partial charge on any atom is 0.243 e. The van der Waals surface area contributed by atoms with Crippen LogP contribution in [0.15, 0.2) is 36.7 Å². The Morgan fingerprint density at radius 1 is 1.24 bits per heavy atom. The van der Waals surface area contributed by atoms with Crippen LogP contribution >= 0.6 is 0 Å². The van der Waals surface area contributed by atoms with Crippen molar-refractivity contribution in [3.8, 4) is 0 Å². The molecule has 0 saturated carbocycles. The van der Waals surface area contributed by atoms with Gasteiger partial charge in [-0.2, -0.15) is 5.10 Å². The Bertz CT molecular complexity index is 877. The predicted octanol–water partition coefficient (Wildman–Crippen LogP) is 3.25. The molecule has 0 aliphatic rings. The van der Waals surface area contributed by atoms with Crippen molar-refractivity contribution in [2.45, 2.75) is 52.7 Å². The molecule has 3 rings (SSSR count). The van der Waals surface area contributed by atoms with E-state index in [0.717, 1.165) is 29.0 Å². The number of para-hydroxylation sites is 1. The van der Waals surface area contributed by atoms with Gasteiger partial charge in [-0.05, 0) is 19.9 Å². The Kier molecular flexibility index (Phi) is 4.88. The normalized spacial score (nSPS) is 12.7. The summed E-state index contributed by atoms with van der Waals surface area (Å²) in [4.78, 5) is 17.0. The number of nitrogens with one attached hydrogen (secondary N) is 1. The van der Waals surface area contributed by atoms with Gasteiger partial charge < -0.3 is 9.88 Å². The monoisotopic (exact) mass is 339 g/mol. The van der Waals surface area contributed by atoms with Gasteiger partial charge in [0.1, 0.15) is 11.9 Å². The lowest BCUT2D eigenvalue weighted by atomic mass is 10.2. The van der Waals surface area contributed by atoms with Gasteiger partial charge in [-0.3, -0.25) is 9.48 Å². The standard InChI is InChI=1S/C19H25N5O/c1-5-24-17-9-7-6-8-15(17)16(22-24)12-21-19(25)14(4)23-11-10-20-18(23)13(2)3/h6-11,13-14H,5,12H2,1-4H3,(H,21,25)/t14-/m1/s1. The van der Waals surface area contributed by atoms with Crippen LogP contribution in [0.1, 0.15) is 51.2 Å². The molecule has 132 valence electrons. The first-order chi connectivity index (χ1) is 12.0. The van der Waals surface area contributed by atoms with E-state index in [2.05, 4.69) is 42.2 Å². The van der Waals surface area contributed by atoms with E-state index in [1.54, 1.807) is 6.20 Å². The lowest BCUT2D eigenvalue weighted by Gasteiger charge is -2.17. The number of amides is 1. The van der Waals surface area contributed by atoms with E-state index in [-0.39, 0.29) is 17.9 Å². The fourth-order valence-corrected chi connectivity index (χ4v) is 3.11. The van der Waals surface area contributed by atoms with E-state index in [4.69, 9.17) is 0 Å². The summed E-state index contributed by atoms with van der Waals surface area (Å²) in [6, 6.07) is 7.80. The van der Waals surface area contributed by atoms with Gasteiger partial charge in [-0.25, -0.2) is 4.98 Å². The average Bonchev–Trinajstić information content (AvgIpc) is 3.24. The van der Waals surface area contributed by atoms with Gasteiger partial charge in [0.15, 0.2) is 0 Å². The second kappa shape index (κ2) is 7.09. The summed E-state index contributed by atoms with van der Waals surface area (Å²) in [5, 5.41) is 8.74. The Morgan fingerprint density at radius 2 is 2.00 bits per heavy atom. The van der Waals surface area contributed by atoms with E-state index in [1.807, 2.05) is 40.6 Å². The van der Waals surface area contributed by atoms with Crippen molar-refractivity contribution < 1.29 is 4.79 Å². The number of carbonyl (C=O) groups excluding carboxylic acids is 1. The molecule has 25 heavy (non-hydrogen) atoms. The number of imidazole rings is 1. The smallest absolute Gasteiger partial charge is 0.243 e. The maximum absolute atomic E-state index is 12.6. The highest BCUT2D eigenvalue weighted by Crippen LogP contribution is 2.20. The molecular formula is C19H25N5O. The third kappa shape index (κ3) is 3.29. The van der Waals surface area contributed by atoms with Crippen LogP contribution in [0.5, 0.6) is 0 Å². The average molecular weight is 339 g/mol. The zero-order valence-electron chi connectivity index (χ0n) is 15.2. The summed E-state index contributed by atoms with van der Waals surface area (Å²) in [5.74, 6) is 1.16. The molecule has 0 radical (unpaired) electrons. The number of rotatable bonds is 6. The molecule has 0 spiro atoms. The molecule has 3 aromatic rings. The number of hydrogen-bond acceptors (Lipinski definition) is 3. The Hall–Kier alpha value is -2.63. The van der Waals surface area contributed by atoms with Crippen LogP contribution in [-0.4, -0.2) is 25.2 Å². The minimum absolute atomic E-state index is 0.0324. The van der Waals surface area contributed by atoms with Gasteiger partial charge in [-0.15, -0.1) is 0 Å². The second-order valence-corrected chi connectivity index (χ2v) is 6.52. The van der Waals surface area contributed by atoms with Crippen LogP contribution in [0.25, 0.3) is 10.9 Å². The summed E-state index contributed by atoms with van der Waals surface area (Å²) in [5.41, 5.74) is 1.99. The Balaban J connectivity index is 1.75. The third-order valence-electron chi connectivity index (χ3n) is 4.48. The van der Waals surface area contributed by atoms with Gasteiger partial charge in [0.2, 0.25) is 5.91 Å². The molecule has 0 aliphatic carbocycles. The molecule has 1 amide bonds. The number of nitrogens with zero attached hydrogens (tertiary/aromatic N) is 4. The molecule has 0 fully saturated rings. The van der Waals surface area contributed by atoms with Gasteiger partial charge in [0.25, 0.3) is 0 Å². The first-order valence-electron chi connectivity index (χ1n) is 8.77. The minimum atomic E-state index is -0.306. The summed E-state index contributed by atoms with van der Waals surface area (Å²) >= 11 is 0. The van der Waals surface area contributed by atoms with E-state index in [0.29, 0.717) is 6.54 Å². The molecule has 6 heteroatoms. The van der Waals surface area contributed by atoms with Crippen LogP contribution in [0, 0.1) is 0 Å². The molecule has 0 bridgehead atoms. The van der Waals surface area contributed by atoms with Crippen molar-refractivity contribution >= 4 is 16.8 Å². The third-order valence-corrected chi connectivity index (χ3v) is 4.48. The fraction of sp³-hybridized carbons (Fsp3) is 0.421. The Morgan fingerprint density at radius 3 is 2.72 bits per heavy atom. The van der Waals surface area contributed by atoms with E-state index < -0.39 is 0 Å². The Labute approximate surface area is 147 Å². The van der Waals surface area contributed by atoms with Gasteiger partial charge >= 0.3 is 0 Å². The highest BCUT2D eigenvalue weighted by Gasteiger charge is 2.19. The number of aryl methyl sites for hydroxylation is 1. The molecule has 0 aliphatic heterocycles. The van der Waals surface area contributed by atoms with Gasteiger partial charge in [-0.1, -0.05) is 32.0 Å². The maximum atomic E-state index is 12.6. The summed E-state index contributed by atoms with van der Waals surface area (Å²) in [6.07, 6.45) is 3.61. The first-order valence-corrected chi connectivity index (χ1v) is 8.77. The highest BCUT2D eigenvalue weighted by molar-refractivity contribution is 5.83. The van der Waals surface area contributed by atoms with Crippen molar-refractivity contribution in [2.75, 3.05) is 0 Å². The fourth-order valence-electron chi connectivity index (χ4n) is 3.11. The van der Waals surface area contributed by atoms with Crippen LogP contribution in [-0.2, 0) is 17.9 Å². The molecule has 1 N–H and O–H groups in total. The number of carbonyl (C=O) groups is 1. The van der Waals surface area contributed by atoms with Crippen molar-refractivity contribution in [2.24, 2.45) is 0 Å². The van der Waals surface area contributed by atoms with E-state index in [1.165, 1.54) is 0 Å². The molecule has 1 aromatic carbocycles. The molecule has 2 aromatic heterocycles. The van der Waals surface area contributed by atoms with Gasteiger partial charge in [0.05, 0.1) is 17.8 Å².